The first-order valence-electron chi connectivity index (χ1n) is 7.22. The molecule has 116 valence electrons. The summed E-state index contributed by atoms with van der Waals surface area (Å²) in [6, 6.07) is 5.95. The van der Waals surface area contributed by atoms with Crippen molar-refractivity contribution < 1.29 is 9.57 Å². The van der Waals surface area contributed by atoms with Crippen LogP contribution >= 0.6 is 0 Å². The SMILES string of the molecule is CC(C)O/N=C(/c1ccc2c(c1)OCCN2C)n1cncn1. The summed E-state index contributed by atoms with van der Waals surface area (Å²) < 4.78 is 7.32. The lowest BCUT2D eigenvalue weighted by Crippen LogP contribution is -2.29. The third-order valence-corrected chi connectivity index (χ3v) is 3.30. The third kappa shape index (κ3) is 2.88. The molecule has 1 aliphatic rings. The molecule has 1 aliphatic heterocycles. The lowest BCUT2D eigenvalue weighted by Gasteiger charge is -2.28. The Morgan fingerprint density at radius 2 is 2.27 bits per heavy atom. The Morgan fingerprint density at radius 1 is 1.41 bits per heavy atom. The maximum Gasteiger partial charge on any atom is 0.201 e. The van der Waals surface area contributed by atoms with Crippen molar-refractivity contribution >= 4 is 11.5 Å². The molecule has 0 saturated carbocycles. The molecule has 1 aromatic heterocycles. The number of benzene rings is 1. The molecule has 0 saturated heterocycles. The Hall–Kier alpha value is -2.57. The average molecular weight is 301 g/mol. The van der Waals surface area contributed by atoms with Crippen molar-refractivity contribution in [1.82, 2.24) is 14.8 Å². The van der Waals surface area contributed by atoms with Gasteiger partial charge in [-0.2, -0.15) is 9.78 Å². The molecule has 2 aromatic rings. The summed E-state index contributed by atoms with van der Waals surface area (Å²) in [6.45, 7) is 5.40. The second-order valence-electron chi connectivity index (χ2n) is 5.36. The zero-order chi connectivity index (χ0) is 15.5. The van der Waals surface area contributed by atoms with Crippen LogP contribution in [0.5, 0.6) is 5.75 Å². The smallest absolute Gasteiger partial charge is 0.201 e. The van der Waals surface area contributed by atoms with Gasteiger partial charge in [0, 0.05) is 12.6 Å². The van der Waals surface area contributed by atoms with E-state index >= 15 is 0 Å². The zero-order valence-electron chi connectivity index (χ0n) is 12.9. The van der Waals surface area contributed by atoms with Gasteiger partial charge in [-0.25, -0.2) is 4.98 Å². The first-order chi connectivity index (χ1) is 10.6. The molecule has 2 heterocycles. The second kappa shape index (κ2) is 6.05. The summed E-state index contributed by atoms with van der Waals surface area (Å²) in [6.07, 6.45) is 3.04. The molecular weight excluding hydrogens is 282 g/mol. The highest BCUT2D eigenvalue weighted by atomic mass is 16.6. The predicted molar refractivity (Wildman–Crippen MR) is 83.4 cm³/mol. The number of aromatic nitrogens is 3. The molecule has 0 spiro atoms. The largest absolute Gasteiger partial charge is 0.490 e. The summed E-state index contributed by atoms with van der Waals surface area (Å²) in [5.74, 6) is 1.41. The highest BCUT2D eigenvalue weighted by Crippen LogP contribution is 2.31. The highest BCUT2D eigenvalue weighted by molar-refractivity contribution is 6.00. The maximum atomic E-state index is 5.74. The van der Waals surface area contributed by atoms with Crippen molar-refractivity contribution in [3.05, 3.63) is 36.4 Å². The topological polar surface area (TPSA) is 64.8 Å². The predicted octanol–water partition coefficient (Wildman–Crippen LogP) is 1.74. The van der Waals surface area contributed by atoms with Gasteiger partial charge in [0.2, 0.25) is 5.84 Å². The maximum absolute atomic E-state index is 5.74. The van der Waals surface area contributed by atoms with Crippen LogP contribution < -0.4 is 9.64 Å². The van der Waals surface area contributed by atoms with Crippen molar-refractivity contribution in [2.45, 2.75) is 20.0 Å². The van der Waals surface area contributed by atoms with Crippen molar-refractivity contribution in [2.75, 3.05) is 25.1 Å². The van der Waals surface area contributed by atoms with Crippen molar-refractivity contribution in [2.24, 2.45) is 5.16 Å². The Kier molecular flexibility index (Phi) is 3.95. The lowest BCUT2D eigenvalue weighted by molar-refractivity contribution is 0.0851. The monoisotopic (exact) mass is 301 g/mol. The van der Waals surface area contributed by atoms with Gasteiger partial charge in [0.1, 0.15) is 31.1 Å². The number of rotatable bonds is 3. The fourth-order valence-corrected chi connectivity index (χ4v) is 2.20. The van der Waals surface area contributed by atoms with Gasteiger partial charge in [-0.1, -0.05) is 5.16 Å². The van der Waals surface area contributed by atoms with E-state index in [9.17, 15) is 0 Å². The van der Waals surface area contributed by atoms with Crippen LogP contribution in [-0.2, 0) is 4.84 Å². The van der Waals surface area contributed by atoms with E-state index in [0.717, 1.165) is 23.5 Å². The first-order valence-corrected chi connectivity index (χ1v) is 7.22. The van der Waals surface area contributed by atoms with E-state index in [4.69, 9.17) is 9.57 Å². The van der Waals surface area contributed by atoms with Crippen LogP contribution in [0, 0.1) is 0 Å². The number of ether oxygens (including phenoxy) is 1. The van der Waals surface area contributed by atoms with Gasteiger partial charge in [-0.3, -0.25) is 0 Å². The Morgan fingerprint density at radius 3 is 3.00 bits per heavy atom. The number of fused-ring (bicyclic) bond motifs is 1. The van der Waals surface area contributed by atoms with Crippen LogP contribution in [0.3, 0.4) is 0 Å². The molecule has 1 aromatic carbocycles. The number of oxime groups is 1. The average Bonchev–Trinajstić information content (AvgIpc) is 3.01. The fourth-order valence-electron chi connectivity index (χ4n) is 2.20. The second-order valence-corrected chi connectivity index (χ2v) is 5.36. The van der Waals surface area contributed by atoms with Crippen molar-refractivity contribution in [3.63, 3.8) is 0 Å². The van der Waals surface area contributed by atoms with Crippen LogP contribution in [-0.4, -0.2) is 46.9 Å². The van der Waals surface area contributed by atoms with Crippen LogP contribution in [0.1, 0.15) is 19.4 Å². The minimum atomic E-state index is -0.0152. The molecule has 0 unspecified atom stereocenters. The van der Waals surface area contributed by atoms with E-state index in [2.05, 4.69) is 27.2 Å². The van der Waals surface area contributed by atoms with Gasteiger partial charge < -0.3 is 14.5 Å². The Balaban J connectivity index is 2.00. The van der Waals surface area contributed by atoms with Gasteiger partial charge in [0.15, 0.2) is 0 Å². The summed E-state index contributed by atoms with van der Waals surface area (Å²) >= 11 is 0. The Labute approximate surface area is 129 Å². The Bertz CT molecular complexity index is 667. The molecule has 22 heavy (non-hydrogen) atoms. The number of nitrogens with zero attached hydrogens (tertiary/aromatic N) is 5. The van der Waals surface area contributed by atoms with Crippen LogP contribution in [0.2, 0.25) is 0 Å². The minimum absolute atomic E-state index is 0.0152. The molecule has 0 amide bonds. The number of hydrogen-bond donors (Lipinski definition) is 0. The first kappa shape index (κ1) is 14.4. The molecule has 3 rings (SSSR count). The van der Waals surface area contributed by atoms with Gasteiger partial charge in [-0.15, -0.1) is 0 Å². The fraction of sp³-hybridized carbons (Fsp3) is 0.400. The molecule has 7 heteroatoms. The number of hydrogen-bond acceptors (Lipinski definition) is 6. The zero-order valence-corrected chi connectivity index (χ0v) is 12.9. The van der Waals surface area contributed by atoms with E-state index in [-0.39, 0.29) is 6.10 Å². The summed E-state index contributed by atoms with van der Waals surface area (Å²) in [5.41, 5.74) is 1.93. The molecule has 0 aliphatic carbocycles. The van der Waals surface area contributed by atoms with E-state index in [0.29, 0.717) is 12.4 Å². The highest BCUT2D eigenvalue weighted by Gasteiger charge is 2.18. The quantitative estimate of drug-likeness (QED) is 0.491. The molecule has 0 radical (unpaired) electrons. The van der Waals surface area contributed by atoms with Crippen LogP contribution in [0.15, 0.2) is 36.0 Å². The molecule has 7 nitrogen and oxygen atoms in total. The summed E-state index contributed by atoms with van der Waals surface area (Å²) in [4.78, 5) is 11.5. The summed E-state index contributed by atoms with van der Waals surface area (Å²) in [5, 5.41) is 8.35. The van der Waals surface area contributed by atoms with E-state index in [1.807, 2.05) is 32.0 Å². The van der Waals surface area contributed by atoms with E-state index < -0.39 is 0 Å². The third-order valence-electron chi connectivity index (χ3n) is 3.30. The normalized spacial score (nSPS) is 14.7. The molecule has 0 N–H and O–H groups in total. The molecule has 0 atom stereocenters. The van der Waals surface area contributed by atoms with Gasteiger partial charge >= 0.3 is 0 Å². The summed E-state index contributed by atoms with van der Waals surface area (Å²) in [7, 11) is 2.05. The number of likely N-dealkylation sites (N-methyl/N-ethyl adjacent to an activating group) is 1. The number of anilines is 1. The molecule has 0 bridgehead atoms. The van der Waals surface area contributed by atoms with Crippen molar-refractivity contribution in [3.8, 4) is 5.75 Å². The minimum Gasteiger partial charge on any atom is -0.490 e. The van der Waals surface area contributed by atoms with Crippen molar-refractivity contribution in [1.29, 1.82) is 0 Å². The molecular formula is C15H19N5O2. The van der Waals surface area contributed by atoms with E-state index in [1.165, 1.54) is 6.33 Å². The van der Waals surface area contributed by atoms with Gasteiger partial charge in [-0.05, 0) is 32.0 Å². The van der Waals surface area contributed by atoms with E-state index in [1.54, 1.807) is 11.0 Å². The lowest BCUT2D eigenvalue weighted by atomic mass is 10.1. The van der Waals surface area contributed by atoms with Gasteiger partial charge in [0.05, 0.1) is 12.2 Å². The van der Waals surface area contributed by atoms with Crippen LogP contribution in [0.4, 0.5) is 5.69 Å². The molecule has 0 fully saturated rings. The standard InChI is InChI=1S/C15H19N5O2/c1-11(2)22-18-15(20-10-16-9-17-20)12-4-5-13-14(8-12)21-7-6-19(13)3/h4-5,8-11H,6-7H2,1-3H3/b18-15-. The van der Waals surface area contributed by atoms with Gasteiger partial charge in [0.25, 0.3) is 0 Å². The van der Waals surface area contributed by atoms with Crippen LogP contribution in [0.25, 0.3) is 0 Å².